The monoisotopic (exact) mass is 366 g/mol. The van der Waals surface area contributed by atoms with E-state index in [1.807, 2.05) is 11.5 Å². The number of aliphatic hydroxyl groups is 1. The topological polar surface area (TPSA) is 143 Å². The van der Waals surface area contributed by atoms with Gasteiger partial charge in [-0.25, -0.2) is 10.6 Å². The van der Waals surface area contributed by atoms with Crippen molar-refractivity contribution in [2.45, 2.75) is 44.9 Å². The Morgan fingerprint density at radius 3 is 2.19 bits per heavy atom. The van der Waals surface area contributed by atoms with Gasteiger partial charge in [-0.2, -0.15) is 0 Å². The van der Waals surface area contributed by atoms with Gasteiger partial charge in [0.15, 0.2) is 0 Å². The Morgan fingerprint density at radius 1 is 1.08 bits per heavy atom. The van der Waals surface area contributed by atoms with Crippen molar-refractivity contribution in [3.8, 4) is 0 Å². The van der Waals surface area contributed by atoms with E-state index in [0.29, 0.717) is 0 Å². The Hall–Kier alpha value is -2.65. The third kappa shape index (κ3) is 7.49. The van der Waals surface area contributed by atoms with Crippen LogP contribution in [-0.4, -0.2) is 47.3 Å². The molecule has 0 radical (unpaired) electrons. The van der Waals surface area contributed by atoms with Crippen molar-refractivity contribution < 1.29 is 24.2 Å². The highest BCUT2D eigenvalue weighted by Crippen LogP contribution is 2.09. The molecule has 6 N–H and O–H groups in total. The maximum atomic E-state index is 12.5. The van der Waals surface area contributed by atoms with Crippen LogP contribution < -0.4 is 21.9 Å². The zero-order chi connectivity index (χ0) is 19.7. The number of carbonyl (C=O) groups is 3. The zero-order valence-corrected chi connectivity index (χ0v) is 15.1. The van der Waals surface area contributed by atoms with Crippen molar-refractivity contribution >= 4 is 17.9 Å². The Kier molecular flexibility index (Phi) is 8.01. The molecule has 0 bridgehead atoms. The predicted molar refractivity (Wildman–Crippen MR) is 94.7 cm³/mol. The number of hydrogen-bond donors (Lipinski definition) is 5. The summed E-state index contributed by atoms with van der Waals surface area (Å²) < 4.78 is 5.18. The molecule has 9 nitrogen and oxygen atoms in total. The first-order chi connectivity index (χ1) is 12.2. The van der Waals surface area contributed by atoms with Crippen LogP contribution in [0.4, 0.5) is 4.79 Å². The third-order valence-electron chi connectivity index (χ3n) is 3.25. The molecule has 144 valence electrons. The van der Waals surface area contributed by atoms with Crippen LogP contribution in [0, 0.1) is 0 Å². The molecule has 3 amide bonds. The van der Waals surface area contributed by atoms with Crippen LogP contribution in [0.15, 0.2) is 30.3 Å². The van der Waals surface area contributed by atoms with Crippen molar-refractivity contribution in [2.75, 3.05) is 6.61 Å². The first-order valence-corrected chi connectivity index (χ1v) is 8.11. The van der Waals surface area contributed by atoms with Gasteiger partial charge in [-0.05, 0) is 26.3 Å². The molecule has 2 atom stereocenters. The van der Waals surface area contributed by atoms with Gasteiger partial charge in [-0.15, -0.1) is 0 Å². The minimum atomic E-state index is -1.23. The van der Waals surface area contributed by atoms with Gasteiger partial charge in [-0.1, -0.05) is 30.3 Å². The Labute approximate surface area is 152 Å². The average Bonchev–Trinajstić information content (AvgIpc) is 2.57. The lowest BCUT2D eigenvalue weighted by Crippen LogP contribution is -2.56. The van der Waals surface area contributed by atoms with E-state index in [4.69, 9.17) is 10.6 Å². The van der Waals surface area contributed by atoms with Crippen LogP contribution in [0.25, 0.3) is 0 Å². The normalized spacial score (nSPS) is 13.3. The molecule has 0 aliphatic heterocycles. The number of hydrazine groups is 1. The SMILES string of the molecule is CC(C)(C)OC(=O)N[C@@H](Cc1ccccc1)C(=O)N[C@@H](CO)C(=O)NN. The van der Waals surface area contributed by atoms with Gasteiger partial charge in [0.05, 0.1) is 6.61 Å². The fourth-order valence-corrected chi connectivity index (χ4v) is 2.08. The number of aliphatic hydroxyl groups excluding tert-OH is 1. The number of nitrogens with two attached hydrogens (primary N) is 1. The molecular formula is C17H26N4O5. The maximum Gasteiger partial charge on any atom is 0.408 e. The highest BCUT2D eigenvalue weighted by molar-refractivity contribution is 5.91. The average molecular weight is 366 g/mol. The summed E-state index contributed by atoms with van der Waals surface area (Å²) in [5.41, 5.74) is 1.92. The molecule has 0 aliphatic rings. The third-order valence-corrected chi connectivity index (χ3v) is 3.25. The van der Waals surface area contributed by atoms with Crippen LogP contribution in [0.5, 0.6) is 0 Å². The van der Waals surface area contributed by atoms with Crippen molar-refractivity contribution in [2.24, 2.45) is 5.84 Å². The van der Waals surface area contributed by atoms with E-state index >= 15 is 0 Å². The first kappa shape index (κ1) is 21.4. The minimum absolute atomic E-state index is 0.175. The minimum Gasteiger partial charge on any atom is -0.444 e. The summed E-state index contributed by atoms with van der Waals surface area (Å²) in [5.74, 6) is 3.62. The van der Waals surface area contributed by atoms with Gasteiger partial charge < -0.3 is 20.5 Å². The molecule has 0 aliphatic carbocycles. The summed E-state index contributed by atoms with van der Waals surface area (Å²) in [4.78, 5) is 36.1. The van der Waals surface area contributed by atoms with Crippen molar-refractivity contribution in [3.05, 3.63) is 35.9 Å². The summed E-state index contributed by atoms with van der Waals surface area (Å²) >= 11 is 0. The van der Waals surface area contributed by atoms with Gasteiger partial charge in [0.2, 0.25) is 5.91 Å². The number of alkyl carbamates (subject to hydrolysis) is 1. The highest BCUT2D eigenvalue weighted by atomic mass is 16.6. The quantitative estimate of drug-likeness (QED) is 0.252. The molecule has 1 rings (SSSR count). The molecule has 26 heavy (non-hydrogen) atoms. The second-order valence-corrected chi connectivity index (χ2v) is 6.64. The van der Waals surface area contributed by atoms with Crippen LogP contribution in [-0.2, 0) is 20.7 Å². The van der Waals surface area contributed by atoms with Gasteiger partial charge in [-0.3, -0.25) is 15.0 Å². The summed E-state index contributed by atoms with van der Waals surface area (Å²) in [5, 5.41) is 14.1. The van der Waals surface area contributed by atoms with Crippen LogP contribution >= 0.6 is 0 Å². The Bertz CT molecular complexity index is 615. The van der Waals surface area contributed by atoms with Gasteiger partial charge in [0.25, 0.3) is 5.91 Å². The fraction of sp³-hybridized carbons (Fsp3) is 0.471. The molecule has 0 saturated carbocycles. The number of nitrogens with one attached hydrogen (secondary N) is 3. The molecular weight excluding hydrogens is 340 g/mol. The number of ether oxygens (including phenoxy) is 1. The van der Waals surface area contributed by atoms with E-state index in [1.165, 1.54) is 0 Å². The second-order valence-electron chi connectivity index (χ2n) is 6.64. The van der Waals surface area contributed by atoms with Crippen LogP contribution in [0.3, 0.4) is 0 Å². The lowest BCUT2D eigenvalue weighted by molar-refractivity contribution is -0.131. The van der Waals surface area contributed by atoms with Crippen molar-refractivity contribution in [1.82, 2.24) is 16.1 Å². The first-order valence-electron chi connectivity index (χ1n) is 8.11. The fourth-order valence-electron chi connectivity index (χ4n) is 2.08. The standard InChI is InChI=1S/C17H26N4O5/c1-17(2,3)26-16(25)20-12(9-11-7-5-4-6-8-11)14(23)19-13(10-22)15(24)21-18/h4-8,12-13,22H,9-10,18H2,1-3H3,(H,19,23)(H,20,25)(H,21,24)/t12-,13-/m0/s1. The molecule has 0 fully saturated rings. The number of amides is 3. The largest absolute Gasteiger partial charge is 0.444 e. The lowest BCUT2D eigenvalue weighted by Gasteiger charge is -2.24. The van der Waals surface area contributed by atoms with E-state index in [0.717, 1.165) is 5.56 Å². The number of rotatable bonds is 7. The molecule has 0 aromatic heterocycles. The van der Waals surface area contributed by atoms with E-state index in [1.54, 1.807) is 45.0 Å². The predicted octanol–water partition coefficient (Wildman–Crippen LogP) is -0.411. The molecule has 0 heterocycles. The molecule has 1 aromatic rings. The number of benzene rings is 1. The number of carbonyl (C=O) groups excluding carboxylic acids is 3. The molecule has 9 heteroatoms. The van der Waals surface area contributed by atoms with E-state index in [2.05, 4.69) is 10.6 Å². The molecule has 0 spiro atoms. The molecule has 1 aromatic carbocycles. The summed E-state index contributed by atoms with van der Waals surface area (Å²) in [6, 6.07) is 6.79. The Morgan fingerprint density at radius 2 is 1.69 bits per heavy atom. The smallest absolute Gasteiger partial charge is 0.408 e. The zero-order valence-electron chi connectivity index (χ0n) is 15.1. The summed E-state index contributed by atoms with van der Waals surface area (Å²) in [6.07, 6.45) is -0.591. The lowest BCUT2D eigenvalue weighted by atomic mass is 10.0. The van der Waals surface area contributed by atoms with E-state index in [9.17, 15) is 19.5 Å². The molecule has 0 saturated heterocycles. The van der Waals surface area contributed by atoms with Crippen LogP contribution in [0.2, 0.25) is 0 Å². The van der Waals surface area contributed by atoms with Gasteiger partial charge in [0.1, 0.15) is 17.7 Å². The Balaban J connectivity index is 2.89. The highest BCUT2D eigenvalue weighted by Gasteiger charge is 2.28. The second kappa shape index (κ2) is 9.73. The molecule has 0 unspecified atom stereocenters. The van der Waals surface area contributed by atoms with Crippen molar-refractivity contribution in [3.63, 3.8) is 0 Å². The van der Waals surface area contributed by atoms with Crippen molar-refractivity contribution in [1.29, 1.82) is 0 Å². The van der Waals surface area contributed by atoms with E-state index in [-0.39, 0.29) is 6.42 Å². The summed E-state index contributed by atoms with van der Waals surface area (Å²) in [7, 11) is 0. The van der Waals surface area contributed by atoms with E-state index < -0.39 is 42.2 Å². The van der Waals surface area contributed by atoms with Crippen LogP contribution in [0.1, 0.15) is 26.3 Å². The maximum absolute atomic E-state index is 12.5. The van der Waals surface area contributed by atoms with Gasteiger partial charge >= 0.3 is 6.09 Å². The number of hydrogen-bond acceptors (Lipinski definition) is 6. The summed E-state index contributed by atoms with van der Waals surface area (Å²) in [6.45, 7) is 4.46. The van der Waals surface area contributed by atoms with Gasteiger partial charge in [0, 0.05) is 6.42 Å².